The van der Waals surface area contributed by atoms with Crippen LogP contribution in [-0.2, 0) is 32.1 Å². The standard InChI is InChI=1S/C35H46N6O5/c1-23(37-33(44)31-10-6-16-41(31)35(46)29-9-5-15-36-29)32(43)38-30(17-24-11-13-28(42)14-12-24)34(45)40-21-26-19-39(20-27(26)22-40)18-25-7-3-2-4-8-25/h2-4,7-8,11-14,23,26-27,29-31,36,42H,5-6,9-10,15-22H2,1H3,(H,37,44)(H,38,43). The van der Waals surface area contributed by atoms with Crippen molar-refractivity contribution in [1.82, 2.24) is 30.7 Å². The van der Waals surface area contributed by atoms with E-state index < -0.39 is 24.0 Å². The van der Waals surface area contributed by atoms with Crippen molar-refractivity contribution in [3.63, 3.8) is 0 Å². The number of phenols is 1. The maximum absolute atomic E-state index is 14.0. The number of hydrogen-bond donors (Lipinski definition) is 4. The van der Waals surface area contributed by atoms with Gasteiger partial charge in [-0.05, 0) is 74.2 Å². The number of fused-ring (bicyclic) bond motifs is 1. The molecule has 4 heterocycles. The number of hydrogen-bond acceptors (Lipinski definition) is 7. The first-order valence-electron chi connectivity index (χ1n) is 16.7. The fourth-order valence-corrected chi connectivity index (χ4v) is 7.60. The molecule has 6 unspecified atom stereocenters. The molecule has 4 amide bonds. The van der Waals surface area contributed by atoms with Crippen molar-refractivity contribution in [3.05, 3.63) is 65.7 Å². The van der Waals surface area contributed by atoms with Crippen molar-refractivity contribution in [3.8, 4) is 5.75 Å². The second-order valence-electron chi connectivity index (χ2n) is 13.4. The fraction of sp³-hybridized carbons (Fsp3) is 0.543. The summed E-state index contributed by atoms with van der Waals surface area (Å²) in [6.07, 6.45) is 3.26. The molecule has 4 aliphatic rings. The number of nitrogens with zero attached hydrogens (tertiary/aromatic N) is 3. The molecule has 0 aliphatic carbocycles. The van der Waals surface area contributed by atoms with E-state index in [1.807, 2.05) is 11.0 Å². The van der Waals surface area contributed by atoms with E-state index in [4.69, 9.17) is 0 Å². The predicted octanol–water partition coefficient (Wildman–Crippen LogP) is 1.26. The third kappa shape index (κ3) is 7.36. The van der Waals surface area contributed by atoms with E-state index in [-0.39, 0.29) is 35.9 Å². The van der Waals surface area contributed by atoms with Crippen LogP contribution in [0.3, 0.4) is 0 Å². The SMILES string of the molecule is CC(NC(=O)C1CCCN1C(=O)C1CCCN1)C(=O)NC(Cc1ccc(O)cc1)C(=O)N1CC2CN(Cc3ccccc3)CC2C1. The van der Waals surface area contributed by atoms with Crippen LogP contribution in [-0.4, -0.2) is 107 Å². The minimum atomic E-state index is -0.894. The minimum absolute atomic E-state index is 0.0506. The van der Waals surface area contributed by atoms with Crippen molar-refractivity contribution < 1.29 is 24.3 Å². The molecule has 46 heavy (non-hydrogen) atoms. The number of likely N-dealkylation sites (tertiary alicyclic amines) is 3. The second kappa shape index (κ2) is 14.2. The highest BCUT2D eigenvalue weighted by Gasteiger charge is 2.43. The monoisotopic (exact) mass is 630 g/mol. The zero-order valence-corrected chi connectivity index (χ0v) is 26.6. The van der Waals surface area contributed by atoms with Gasteiger partial charge in [0, 0.05) is 45.7 Å². The third-order valence-corrected chi connectivity index (χ3v) is 10.1. The number of phenolic OH excluding ortho intramolecular Hbond substituents is 1. The highest BCUT2D eigenvalue weighted by atomic mass is 16.3. The topological polar surface area (TPSA) is 134 Å². The summed E-state index contributed by atoms with van der Waals surface area (Å²) in [5.41, 5.74) is 2.09. The van der Waals surface area contributed by atoms with E-state index >= 15 is 0 Å². The lowest BCUT2D eigenvalue weighted by atomic mass is 10.0. The van der Waals surface area contributed by atoms with E-state index in [0.717, 1.165) is 51.0 Å². The van der Waals surface area contributed by atoms with Crippen molar-refractivity contribution in [2.45, 2.75) is 69.7 Å². The van der Waals surface area contributed by atoms with Crippen molar-refractivity contribution in [1.29, 1.82) is 0 Å². The van der Waals surface area contributed by atoms with Crippen LogP contribution >= 0.6 is 0 Å². The van der Waals surface area contributed by atoms with Gasteiger partial charge >= 0.3 is 0 Å². The smallest absolute Gasteiger partial charge is 0.245 e. The summed E-state index contributed by atoms with van der Waals surface area (Å²) in [7, 11) is 0. The molecule has 4 aliphatic heterocycles. The van der Waals surface area contributed by atoms with Crippen LogP contribution in [0.25, 0.3) is 0 Å². The van der Waals surface area contributed by atoms with Crippen LogP contribution in [0.2, 0.25) is 0 Å². The Hall–Kier alpha value is -3.96. The molecule has 246 valence electrons. The normalized spacial score (nSPS) is 25.7. The molecular weight excluding hydrogens is 584 g/mol. The lowest BCUT2D eigenvalue weighted by Crippen LogP contribution is -2.57. The molecule has 6 rings (SSSR count). The molecule has 0 aromatic heterocycles. The molecule has 0 spiro atoms. The average molecular weight is 631 g/mol. The maximum atomic E-state index is 14.0. The van der Waals surface area contributed by atoms with Crippen LogP contribution in [0.5, 0.6) is 5.75 Å². The van der Waals surface area contributed by atoms with Crippen LogP contribution < -0.4 is 16.0 Å². The quantitative estimate of drug-likeness (QED) is 0.311. The Labute approximate surface area is 270 Å². The second-order valence-corrected chi connectivity index (χ2v) is 13.4. The predicted molar refractivity (Wildman–Crippen MR) is 172 cm³/mol. The number of nitrogens with one attached hydrogen (secondary N) is 3. The summed E-state index contributed by atoms with van der Waals surface area (Å²) in [4.78, 5) is 59.7. The molecule has 2 aromatic rings. The van der Waals surface area contributed by atoms with Gasteiger partial charge in [0.1, 0.15) is 23.9 Å². The maximum Gasteiger partial charge on any atom is 0.245 e. The molecule has 0 radical (unpaired) electrons. The number of carbonyl (C=O) groups excluding carboxylic acids is 4. The number of carbonyl (C=O) groups is 4. The first-order valence-corrected chi connectivity index (χ1v) is 16.7. The Morgan fingerprint density at radius 2 is 1.61 bits per heavy atom. The van der Waals surface area contributed by atoms with Crippen LogP contribution in [0.1, 0.15) is 43.7 Å². The molecule has 11 nitrogen and oxygen atoms in total. The van der Waals surface area contributed by atoms with Gasteiger partial charge in [0.2, 0.25) is 23.6 Å². The average Bonchev–Trinajstić information content (AvgIpc) is 3.86. The van der Waals surface area contributed by atoms with E-state index in [9.17, 15) is 24.3 Å². The molecule has 11 heteroatoms. The van der Waals surface area contributed by atoms with Crippen molar-refractivity contribution >= 4 is 23.6 Å². The van der Waals surface area contributed by atoms with E-state index in [1.54, 1.807) is 36.1 Å². The first-order chi connectivity index (χ1) is 22.2. The third-order valence-electron chi connectivity index (χ3n) is 10.1. The number of rotatable bonds is 10. The molecule has 4 fully saturated rings. The minimum Gasteiger partial charge on any atom is -0.508 e. The summed E-state index contributed by atoms with van der Waals surface area (Å²) >= 11 is 0. The van der Waals surface area contributed by atoms with Crippen molar-refractivity contribution in [2.75, 3.05) is 39.3 Å². The van der Waals surface area contributed by atoms with Gasteiger partial charge in [0.25, 0.3) is 0 Å². The van der Waals surface area contributed by atoms with Gasteiger partial charge in [0.15, 0.2) is 0 Å². The molecule has 0 saturated carbocycles. The summed E-state index contributed by atoms with van der Waals surface area (Å²) < 4.78 is 0. The molecular formula is C35H46N6O5. The summed E-state index contributed by atoms with van der Waals surface area (Å²) in [5.74, 6) is -0.0964. The van der Waals surface area contributed by atoms with Crippen molar-refractivity contribution in [2.24, 2.45) is 11.8 Å². The lowest BCUT2D eigenvalue weighted by molar-refractivity contribution is -0.141. The van der Waals surface area contributed by atoms with Gasteiger partial charge in [-0.15, -0.1) is 0 Å². The first kappa shape index (κ1) is 32.0. The van der Waals surface area contributed by atoms with Crippen LogP contribution in [0.15, 0.2) is 54.6 Å². The number of benzene rings is 2. The van der Waals surface area contributed by atoms with E-state index in [1.165, 1.54) is 5.56 Å². The summed E-state index contributed by atoms with van der Waals surface area (Å²) in [6, 6.07) is 14.5. The van der Waals surface area contributed by atoms with Gasteiger partial charge < -0.3 is 30.9 Å². The molecule has 6 atom stereocenters. The number of amides is 4. The highest BCUT2D eigenvalue weighted by molar-refractivity contribution is 5.95. The van der Waals surface area contributed by atoms with Crippen LogP contribution in [0, 0.1) is 11.8 Å². The fourth-order valence-electron chi connectivity index (χ4n) is 7.60. The van der Waals surface area contributed by atoms with E-state index in [2.05, 4.69) is 45.1 Å². The summed E-state index contributed by atoms with van der Waals surface area (Å²) in [6.45, 7) is 6.98. The molecule has 0 bridgehead atoms. The number of aromatic hydroxyl groups is 1. The van der Waals surface area contributed by atoms with Gasteiger partial charge in [-0.2, -0.15) is 0 Å². The van der Waals surface area contributed by atoms with Gasteiger partial charge in [-0.3, -0.25) is 24.1 Å². The summed E-state index contributed by atoms with van der Waals surface area (Å²) in [5, 5.41) is 18.7. The zero-order chi connectivity index (χ0) is 32.2. The Bertz CT molecular complexity index is 1380. The highest BCUT2D eigenvalue weighted by Crippen LogP contribution is 2.32. The van der Waals surface area contributed by atoms with E-state index in [0.29, 0.717) is 37.9 Å². The zero-order valence-electron chi connectivity index (χ0n) is 26.6. The molecule has 2 aromatic carbocycles. The van der Waals surface area contributed by atoms with Gasteiger partial charge in [0.05, 0.1) is 6.04 Å². The van der Waals surface area contributed by atoms with Crippen LogP contribution in [0.4, 0.5) is 0 Å². The van der Waals surface area contributed by atoms with Gasteiger partial charge in [-0.25, -0.2) is 0 Å². The van der Waals surface area contributed by atoms with Gasteiger partial charge in [-0.1, -0.05) is 42.5 Å². The Kier molecular flexibility index (Phi) is 9.89. The molecule has 4 saturated heterocycles. The Morgan fingerprint density at radius 3 is 2.28 bits per heavy atom. The molecule has 4 N–H and O–H groups in total. The Balaban J connectivity index is 1.07. The lowest BCUT2D eigenvalue weighted by Gasteiger charge is -2.29. The largest absolute Gasteiger partial charge is 0.508 e. The Morgan fingerprint density at radius 1 is 0.891 bits per heavy atom.